The highest BCUT2D eigenvalue weighted by Crippen LogP contribution is 2.17. The second-order valence-electron chi connectivity index (χ2n) is 4.32. The first-order chi connectivity index (χ1) is 9.21. The van der Waals surface area contributed by atoms with Crippen molar-refractivity contribution < 1.29 is 9.13 Å². The van der Waals surface area contributed by atoms with Crippen molar-refractivity contribution in [3.05, 3.63) is 47.5 Å². The largest absolute Gasteiger partial charge is 0.489 e. The van der Waals surface area contributed by atoms with Gasteiger partial charge in [-0.15, -0.1) is 0 Å². The molecule has 0 amide bonds. The molecule has 2 aromatic rings. The van der Waals surface area contributed by atoms with E-state index in [1.54, 1.807) is 6.20 Å². The third-order valence-corrected chi connectivity index (χ3v) is 2.73. The summed E-state index contributed by atoms with van der Waals surface area (Å²) in [5, 5.41) is 7.15. The molecule has 0 saturated heterocycles. The van der Waals surface area contributed by atoms with Crippen LogP contribution in [0.25, 0.3) is 0 Å². The SMILES string of the molecule is CCn1cc(COc2cc(F)cc(CNC)c2)cn1. The third kappa shape index (κ3) is 3.79. The lowest BCUT2D eigenvalue weighted by Gasteiger charge is -2.07. The normalized spacial score (nSPS) is 10.7. The number of ether oxygens (including phenoxy) is 1. The minimum Gasteiger partial charge on any atom is -0.489 e. The first kappa shape index (κ1) is 13.5. The van der Waals surface area contributed by atoms with Crippen LogP contribution < -0.4 is 10.1 Å². The molecular formula is C14H18FN3O. The summed E-state index contributed by atoms with van der Waals surface area (Å²) in [7, 11) is 1.82. The zero-order valence-corrected chi connectivity index (χ0v) is 11.2. The Morgan fingerprint density at radius 1 is 1.32 bits per heavy atom. The van der Waals surface area contributed by atoms with Gasteiger partial charge >= 0.3 is 0 Å². The molecule has 2 rings (SSSR count). The summed E-state index contributed by atoms with van der Waals surface area (Å²) in [4.78, 5) is 0. The summed E-state index contributed by atoms with van der Waals surface area (Å²) in [6, 6.07) is 4.73. The van der Waals surface area contributed by atoms with Gasteiger partial charge in [0.05, 0.1) is 6.20 Å². The predicted octanol–water partition coefficient (Wildman–Crippen LogP) is 2.34. The molecule has 19 heavy (non-hydrogen) atoms. The summed E-state index contributed by atoms with van der Waals surface area (Å²) < 4.78 is 20.8. The molecule has 0 spiro atoms. The van der Waals surface area contributed by atoms with E-state index in [0.29, 0.717) is 18.9 Å². The van der Waals surface area contributed by atoms with E-state index in [2.05, 4.69) is 10.4 Å². The highest BCUT2D eigenvalue weighted by atomic mass is 19.1. The molecule has 1 aromatic heterocycles. The van der Waals surface area contributed by atoms with Crippen LogP contribution in [0.4, 0.5) is 4.39 Å². The average Bonchev–Trinajstić information content (AvgIpc) is 2.84. The Balaban J connectivity index is 2.02. The highest BCUT2D eigenvalue weighted by molar-refractivity contribution is 5.29. The molecule has 1 heterocycles. The van der Waals surface area contributed by atoms with Crippen molar-refractivity contribution in [2.24, 2.45) is 0 Å². The average molecular weight is 263 g/mol. The van der Waals surface area contributed by atoms with Gasteiger partial charge in [0.15, 0.2) is 0 Å². The minimum absolute atomic E-state index is 0.285. The third-order valence-electron chi connectivity index (χ3n) is 2.73. The standard InChI is InChI=1S/C14H18FN3O/c1-3-18-9-12(8-17-18)10-19-14-5-11(7-16-2)4-13(15)6-14/h4-6,8-9,16H,3,7,10H2,1-2H3. The number of nitrogens with one attached hydrogen (secondary N) is 1. The number of rotatable bonds is 6. The first-order valence-electron chi connectivity index (χ1n) is 6.29. The molecule has 0 atom stereocenters. The van der Waals surface area contributed by atoms with E-state index >= 15 is 0 Å². The Labute approximate surface area is 112 Å². The fraction of sp³-hybridized carbons (Fsp3) is 0.357. The molecule has 0 unspecified atom stereocenters. The first-order valence-corrected chi connectivity index (χ1v) is 6.29. The Morgan fingerprint density at radius 2 is 2.16 bits per heavy atom. The Kier molecular flexibility index (Phi) is 4.52. The smallest absolute Gasteiger partial charge is 0.127 e. The lowest BCUT2D eigenvalue weighted by Crippen LogP contribution is -2.05. The zero-order valence-electron chi connectivity index (χ0n) is 11.2. The van der Waals surface area contributed by atoms with E-state index in [0.717, 1.165) is 17.7 Å². The zero-order chi connectivity index (χ0) is 13.7. The summed E-state index contributed by atoms with van der Waals surface area (Å²) in [6.45, 7) is 3.85. The van der Waals surface area contributed by atoms with Crippen molar-refractivity contribution in [3.8, 4) is 5.75 Å². The van der Waals surface area contributed by atoms with Crippen LogP contribution in [-0.2, 0) is 19.7 Å². The molecule has 0 saturated carbocycles. The van der Waals surface area contributed by atoms with Crippen molar-refractivity contribution in [1.29, 1.82) is 0 Å². The number of aryl methyl sites for hydroxylation is 1. The summed E-state index contributed by atoms with van der Waals surface area (Å²) in [5.74, 6) is 0.251. The number of hydrogen-bond donors (Lipinski definition) is 1. The van der Waals surface area contributed by atoms with E-state index in [1.165, 1.54) is 12.1 Å². The van der Waals surface area contributed by atoms with E-state index in [4.69, 9.17) is 4.74 Å². The second-order valence-corrected chi connectivity index (χ2v) is 4.32. The molecular weight excluding hydrogens is 245 g/mol. The summed E-state index contributed by atoms with van der Waals surface area (Å²) in [6.07, 6.45) is 3.69. The lowest BCUT2D eigenvalue weighted by molar-refractivity contribution is 0.304. The quantitative estimate of drug-likeness (QED) is 0.869. The van der Waals surface area contributed by atoms with Gasteiger partial charge in [0, 0.05) is 30.9 Å². The fourth-order valence-electron chi connectivity index (χ4n) is 1.83. The number of hydrogen-bond acceptors (Lipinski definition) is 3. The Hall–Kier alpha value is -1.88. The van der Waals surface area contributed by atoms with E-state index in [1.807, 2.05) is 30.9 Å². The molecule has 0 aliphatic carbocycles. The van der Waals surface area contributed by atoms with E-state index < -0.39 is 0 Å². The van der Waals surface area contributed by atoms with Crippen molar-refractivity contribution in [3.63, 3.8) is 0 Å². The van der Waals surface area contributed by atoms with Crippen molar-refractivity contribution in [2.45, 2.75) is 26.6 Å². The molecule has 0 aliphatic rings. The lowest BCUT2D eigenvalue weighted by atomic mass is 10.2. The molecule has 0 fully saturated rings. The van der Waals surface area contributed by atoms with Crippen LogP contribution >= 0.6 is 0 Å². The topological polar surface area (TPSA) is 39.1 Å². The van der Waals surface area contributed by atoms with Crippen molar-refractivity contribution in [1.82, 2.24) is 15.1 Å². The Bertz CT molecular complexity index is 539. The monoisotopic (exact) mass is 263 g/mol. The molecule has 5 heteroatoms. The maximum atomic E-state index is 13.4. The van der Waals surface area contributed by atoms with Crippen LogP contribution in [0.3, 0.4) is 0 Å². The molecule has 0 bridgehead atoms. The molecule has 0 radical (unpaired) electrons. The van der Waals surface area contributed by atoms with Gasteiger partial charge in [-0.05, 0) is 31.7 Å². The van der Waals surface area contributed by atoms with Gasteiger partial charge in [-0.25, -0.2) is 4.39 Å². The predicted molar refractivity (Wildman–Crippen MR) is 71.4 cm³/mol. The van der Waals surface area contributed by atoms with Gasteiger partial charge in [0.2, 0.25) is 0 Å². The van der Waals surface area contributed by atoms with Crippen LogP contribution in [0.5, 0.6) is 5.75 Å². The fourth-order valence-corrected chi connectivity index (χ4v) is 1.83. The molecule has 102 valence electrons. The highest BCUT2D eigenvalue weighted by Gasteiger charge is 2.03. The van der Waals surface area contributed by atoms with Crippen LogP contribution in [0, 0.1) is 5.82 Å². The van der Waals surface area contributed by atoms with Crippen LogP contribution in [0.15, 0.2) is 30.6 Å². The maximum absolute atomic E-state index is 13.4. The van der Waals surface area contributed by atoms with Crippen LogP contribution in [0.1, 0.15) is 18.1 Å². The van der Waals surface area contributed by atoms with Gasteiger partial charge in [-0.3, -0.25) is 4.68 Å². The van der Waals surface area contributed by atoms with Crippen LogP contribution in [-0.4, -0.2) is 16.8 Å². The number of nitrogens with zero attached hydrogens (tertiary/aromatic N) is 2. The van der Waals surface area contributed by atoms with Gasteiger partial charge in [-0.1, -0.05) is 0 Å². The number of benzene rings is 1. The summed E-state index contributed by atoms with van der Waals surface area (Å²) in [5.41, 5.74) is 1.84. The molecule has 1 N–H and O–H groups in total. The second kappa shape index (κ2) is 6.33. The van der Waals surface area contributed by atoms with E-state index in [-0.39, 0.29) is 5.82 Å². The number of aromatic nitrogens is 2. The van der Waals surface area contributed by atoms with Crippen molar-refractivity contribution >= 4 is 0 Å². The van der Waals surface area contributed by atoms with Crippen molar-refractivity contribution in [2.75, 3.05) is 7.05 Å². The number of halogens is 1. The summed E-state index contributed by atoms with van der Waals surface area (Å²) >= 11 is 0. The van der Waals surface area contributed by atoms with Gasteiger partial charge in [0.1, 0.15) is 18.2 Å². The van der Waals surface area contributed by atoms with Gasteiger partial charge in [-0.2, -0.15) is 5.10 Å². The molecule has 0 aliphatic heterocycles. The molecule has 1 aromatic carbocycles. The van der Waals surface area contributed by atoms with Gasteiger partial charge < -0.3 is 10.1 Å². The van der Waals surface area contributed by atoms with Gasteiger partial charge in [0.25, 0.3) is 0 Å². The maximum Gasteiger partial charge on any atom is 0.127 e. The van der Waals surface area contributed by atoms with Crippen LogP contribution in [0.2, 0.25) is 0 Å². The minimum atomic E-state index is -0.285. The molecule has 4 nitrogen and oxygen atoms in total. The van der Waals surface area contributed by atoms with E-state index in [9.17, 15) is 4.39 Å². The Morgan fingerprint density at radius 3 is 2.84 bits per heavy atom.